The molecule has 0 bridgehead atoms. The van der Waals surface area contributed by atoms with Crippen molar-refractivity contribution in [1.82, 2.24) is 9.80 Å². The molecule has 22 heavy (non-hydrogen) atoms. The molecule has 3 heteroatoms. The van der Waals surface area contributed by atoms with Crippen molar-refractivity contribution in [3.05, 3.63) is 47.0 Å². The molecular weight excluding hydrogens is 272 g/mol. The molecule has 0 N–H and O–H groups in total. The van der Waals surface area contributed by atoms with Crippen molar-refractivity contribution in [1.29, 1.82) is 0 Å². The number of rotatable bonds is 4. The van der Waals surface area contributed by atoms with E-state index in [-0.39, 0.29) is 5.91 Å². The summed E-state index contributed by atoms with van der Waals surface area (Å²) in [6, 6.07) is 8.23. The van der Waals surface area contributed by atoms with E-state index in [9.17, 15) is 4.79 Å². The van der Waals surface area contributed by atoms with Crippen LogP contribution in [0.25, 0.3) is 0 Å². The van der Waals surface area contributed by atoms with Gasteiger partial charge in [-0.05, 0) is 51.9 Å². The summed E-state index contributed by atoms with van der Waals surface area (Å²) in [5.74, 6) is 0.588. The minimum atomic E-state index is 0.128. The first-order valence-corrected chi connectivity index (χ1v) is 8.33. The van der Waals surface area contributed by atoms with Gasteiger partial charge in [-0.2, -0.15) is 0 Å². The first kappa shape index (κ1) is 16.8. The van der Waals surface area contributed by atoms with E-state index < -0.39 is 0 Å². The second kappa shape index (κ2) is 7.59. The number of nitrogens with zero attached hydrogens (tertiary/aromatic N) is 2. The molecule has 2 rings (SSSR count). The van der Waals surface area contributed by atoms with Crippen molar-refractivity contribution in [2.24, 2.45) is 0 Å². The van der Waals surface area contributed by atoms with Crippen molar-refractivity contribution in [2.45, 2.75) is 33.1 Å². The van der Waals surface area contributed by atoms with Crippen LogP contribution in [0, 0.1) is 0 Å². The summed E-state index contributed by atoms with van der Waals surface area (Å²) in [7, 11) is 2.18. The zero-order valence-corrected chi connectivity index (χ0v) is 14.3. The number of piperidine rings is 1. The maximum Gasteiger partial charge on any atom is 0.253 e. The van der Waals surface area contributed by atoms with Crippen LogP contribution in [0.2, 0.25) is 0 Å². The van der Waals surface area contributed by atoms with Crippen LogP contribution >= 0.6 is 0 Å². The predicted octanol–water partition coefficient (Wildman–Crippen LogP) is 3.53. The van der Waals surface area contributed by atoms with Gasteiger partial charge in [0, 0.05) is 37.7 Å². The van der Waals surface area contributed by atoms with E-state index in [0.29, 0.717) is 5.92 Å². The normalized spacial score (nSPS) is 21.1. The third-order valence-electron chi connectivity index (χ3n) is 4.71. The van der Waals surface area contributed by atoms with E-state index in [4.69, 9.17) is 0 Å². The van der Waals surface area contributed by atoms with Crippen LogP contribution < -0.4 is 0 Å². The standard InChI is InChI=1S/C19H28N2O/c1-5-15-12-13-20(4)14-18(15)16-8-10-17(11-9-16)19(22)21(6-2)7-3/h5,8-11,18H,6-7,12-14H2,1-4H3. The number of carbonyl (C=O) groups is 1. The van der Waals surface area contributed by atoms with E-state index in [1.165, 1.54) is 11.1 Å². The molecule has 0 aromatic heterocycles. The molecule has 1 aromatic rings. The molecule has 3 nitrogen and oxygen atoms in total. The largest absolute Gasteiger partial charge is 0.339 e. The van der Waals surface area contributed by atoms with E-state index >= 15 is 0 Å². The van der Waals surface area contributed by atoms with Gasteiger partial charge >= 0.3 is 0 Å². The summed E-state index contributed by atoms with van der Waals surface area (Å²) in [5, 5.41) is 0. The Balaban J connectivity index is 2.19. The van der Waals surface area contributed by atoms with Gasteiger partial charge in [0.2, 0.25) is 0 Å². The molecule has 1 heterocycles. The Morgan fingerprint density at radius 1 is 1.27 bits per heavy atom. The zero-order chi connectivity index (χ0) is 16.1. The maximum absolute atomic E-state index is 12.4. The van der Waals surface area contributed by atoms with Crippen LogP contribution in [0.4, 0.5) is 0 Å². The molecule has 0 radical (unpaired) electrons. The molecule has 1 aliphatic rings. The van der Waals surface area contributed by atoms with Crippen LogP contribution in [0.15, 0.2) is 35.9 Å². The van der Waals surface area contributed by atoms with Crippen molar-refractivity contribution >= 4 is 5.91 Å². The van der Waals surface area contributed by atoms with Gasteiger partial charge in [-0.3, -0.25) is 4.79 Å². The van der Waals surface area contributed by atoms with Crippen molar-refractivity contribution in [3.63, 3.8) is 0 Å². The summed E-state index contributed by atoms with van der Waals surface area (Å²) in [5.41, 5.74) is 3.62. The fourth-order valence-corrected chi connectivity index (χ4v) is 3.23. The summed E-state index contributed by atoms with van der Waals surface area (Å²) < 4.78 is 0. The summed E-state index contributed by atoms with van der Waals surface area (Å²) in [6.07, 6.45) is 3.39. The summed E-state index contributed by atoms with van der Waals surface area (Å²) in [4.78, 5) is 16.6. The fraction of sp³-hybridized carbons (Fsp3) is 0.526. The third kappa shape index (κ3) is 3.58. The zero-order valence-electron chi connectivity index (χ0n) is 14.3. The van der Waals surface area contributed by atoms with E-state index in [1.807, 2.05) is 30.9 Å². The van der Waals surface area contributed by atoms with Crippen LogP contribution in [0.3, 0.4) is 0 Å². The van der Waals surface area contributed by atoms with Crippen LogP contribution in [-0.4, -0.2) is 48.9 Å². The fourth-order valence-electron chi connectivity index (χ4n) is 3.23. The highest BCUT2D eigenvalue weighted by atomic mass is 16.2. The number of amides is 1. The SMILES string of the molecule is CC=C1CCN(C)CC1c1ccc(C(=O)N(CC)CC)cc1. The lowest BCUT2D eigenvalue weighted by Crippen LogP contribution is -2.32. The lowest BCUT2D eigenvalue weighted by atomic mass is 9.85. The summed E-state index contributed by atoms with van der Waals surface area (Å²) >= 11 is 0. The topological polar surface area (TPSA) is 23.6 Å². The third-order valence-corrected chi connectivity index (χ3v) is 4.71. The minimum absolute atomic E-state index is 0.128. The van der Waals surface area contributed by atoms with Gasteiger partial charge in [0.1, 0.15) is 0 Å². The summed E-state index contributed by atoms with van der Waals surface area (Å²) in [6.45, 7) is 9.88. The van der Waals surface area contributed by atoms with Gasteiger partial charge in [0.15, 0.2) is 0 Å². The highest BCUT2D eigenvalue weighted by molar-refractivity contribution is 5.94. The first-order chi connectivity index (χ1) is 10.6. The van der Waals surface area contributed by atoms with Crippen molar-refractivity contribution in [3.8, 4) is 0 Å². The number of likely N-dealkylation sites (N-methyl/N-ethyl adjacent to an activating group) is 1. The molecule has 1 aromatic carbocycles. The smallest absolute Gasteiger partial charge is 0.253 e. The number of hydrogen-bond acceptors (Lipinski definition) is 2. The van der Waals surface area contributed by atoms with Crippen LogP contribution in [0.1, 0.15) is 49.0 Å². The van der Waals surface area contributed by atoms with Crippen molar-refractivity contribution in [2.75, 3.05) is 33.2 Å². The first-order valence-electron chi connectivity index (χ1n) is 8.33. The van der Waals surface area contributed by atoms with E-state index in [2.05, 4.69) is 37.1 Å². The molecule has 1 amide bonds. The van der Waals surface area contributed by atoms with Crippen LogP contribution in [-0.2, 0) is 0 Å². The average Bonchev–Trinajstić information content (AvgIpc) is 2.56. The molecule has 1 saturated heterocycles. The number of likely N-dealkylation sites (tertiary alicyclic amines) is 1. The molecular formula is C19H28N2O. The number of benzene rings is 1. The van der Waals surface area contributed by atoms with E-state index in [0.717, 1.165) is 38.2 Å². The molecule has 1 fully saturated rings. The molecule has 1 unspecified atom stereocenters. The Morgan fingerprint density at radius 2 is 1.91 bits per heavy atom. The average molecular weight is 300 g/mol. The maximum atomic E-state index is 12.4. The number of allylic oxidation sites excluding steroid dienone is 1. The molecule has 0 saturated carbocycles. The molecule has 0 aliphatic carbocycles. The van der Waals surface area contributed by atoms with Gasteiger partial charge in [-0.25, -0.2) is 0 Å². The Labute approximate surface area is 134 Å². The minimum Gasteiger partial charge on any atom is -0.339 e. The van der Waals surface area contributed by atoms with Crippen molar-refractivity contribution < 1.29 is 4.79 Å². The Hall–Kier alpha value is -1.61. The second-order valence-corrected chi connectivity index (χ2v) is 6.03. The van der Waals surface area contributed by atoms with Gasteiger partial charge < -0.3 is 9.80 Å². The Kier molecular flexibility index (Phi) is 5.78. The molecule has 0 spiro atoms. The highest BCUT2D eigenvalue weighted by Crippen LogP contribution is 2.31. The van der Waals surface area contributed by atoms with E-state index in [1.54, 1.807) is 0 Å². The Morgan fingerprint density at radius 3 is 2.45 bits per heavy atom. The lowest BCUT2D eigenvalue weighted by Gasteiger charge is -2.32. The second-order valence-electron chi connectivity index (χ2n) is 6.03. The molecule has 120 valence electrons. The predicted molar refractivity (Wildman–Crippen MR) is 92.3 cm³/mol. The number of hydrogen-bond donors (Lipinski definition) is 0. The Bertz CT molecular complexity index is 529. The van der Waals surface area contributed by atoms with Gasteiger partial charge in [-0.1, -0.05) is 23.8 Å². The lowest BCUT2D eigenvalue weighted by molar-refractivity contribution is 0.0773. The van der Waals surface area contributed by atoms with Crippen LogP contribution in [0.5, 0.6) is 0 Å². The molecule has 1 atom stereocenters. The van der Waals surface area contributed by atoms with Gasteiger partial charge in [-0.15, -0.1) is 0 Å². The monoisotopic (exact) mass is 300 g/mol. The molecule has 1 aliphatic heterocycles. The number of carbonyl (C=O) groups excluding carboxylic acids is 1. The quantitative estimate of drug-likeness (QED) is 0.794. The van der Waals surface area contributed by atoms with Gasteiger partial charge in [0.05, 0.1) is 0 Å². The highest BCUT2D eigenvalue weighted by Gasteiger charge is 2.23. The van der Waals surface area contributed by atoms with Gasteiger partial charge in [0.25, 0.3) is 5.91 Å².